The number of rotatable bonds is 6. The molecule has 0 aliphatic carbocycles. The number of methoxy groups -OCH3 is 1. The summed E-state index contributed by atoms with van der Waals surface area (Å²) in [6, 6.07) is 16.8. The second-order valence-electron chi connectivity index (χ2n) is 7.53. The third kappa shape index (κ3) is 5.13. The topological polar surface area (TPSA) is 42.0 Å². The largest absolute Gasteiger partial charge is 0.381 e. The molecule has 0 unspecified atom stereocenters. The van der Waals surface area contributed by atoms with Crippen molar-refractivity contribution in [2.75, 3.05) is 46.4 Å². The summed E-state index contributed by atoms with van der Waals surface area (Å²) in [5.41, 5.74) is 3.11. The van der Waals surface area contributed by atoms with Crippen LogP contribution < -0.4 is 4.90 Å². The van der Waals surface area contributed by atoms with Crippen LogP contribution in [0.4, 0.5) is 10.5 Å². The minimum absolute atomic E-state index is 0.0378. The second-order valence-corrected chi connectivity index (χ2v) is 8.58. The highest BCUT2D eigenvalue weighted by molar-refractivity contribution is 7.98. The van der Waals surface area contributed by atoms with Gasteiger partial charge in [0.05, 0.1) is 5.60 Å². The molecule has 0 saturated carbocycles. The molecule has 1 fully saturated rings. The average molecular weight is 415 g/mol. The van der Waals surface area contributed by atoms with Gasteiger partial charge >= 0.3 is 6.03 Å². The zero-order valence-corrected chi connectivity index (χ0v) is 18.5. The molecule has 0 radical (unpaired) electrons. The number of urea groups is 1. The molecule has 5 nitrogen and oxygen atoms in total. The first kappa shape index (κ1) is 21.7. The Morgan fingerprint density at radius 3 is 2.41 bits per heavy atom. The fraction of sp³-hybridized carbons (Fsp3) is 0.435. The summed E-state index contributed by atoms with van der Waals surface area (Å²) in [5.74, 6) is 0.873. The summed E-state index contributed by atoms with van der Waals surface area (Å²) in [6.07, 6.45) is 1.77. The maximum atomic E-state index is 12.1. The third-order valence-corrected chi connectivity index (χ3v) is 6.51. The molecular weight excluding hydrogens is 384 g/mol. The highest BCUT2D eigenvalue weighted by Gasteiger charge is 2.34. The molecule has 1 saturated heterocycles. The Balaban J connectivity index is 1.65. The first-order chi connectivity index (χ1) is 13.9. The van der Waals surface area contributed by atoms with Crippen LogP contribution in [0.2, 0.25) is 0 Å². The molecule has 0 spiro atoms. The monoisotopic (exact) mass is 414 g/mol. The van der Waals surface area contributed by atoms with Gasteiger partial charge in [-0.25, -0.2) is 4.79 Å². The number of thioether (sulfide) groups is 1. The first-order valence-electron chi connectivity index (χ1n) is 9.85. The molecule has 3 rings (SSSR count). The molecule has 0 aromatic heterocycles. The number of amides is 2. The highest BCUT2D eigenvalue weighted by atomic mass is 32.2. The van der Waals surface area contributed by atoms with Gasteiger partial charge in [-0.15, -0.1) is 11.8 Å². The maximum Gasteiger partial charge on any atom is 0.323 e. The second kappa shape index (κ2) is 9.65. The van der Waals surface area contributed by atoms with Crippen LogP contribution in [0.15, 0.2) is 53.4 Å². The summed E-state index contributed by atoms with van der Waals surface area (Å²) < 4.78 is 11.5. The van der Waals surface area contributed by atoms with Crippen molar-refractivity contribution >= 4 is 23.5 Å². The Morgan fingerprint density at radius 2 is 1.79 bits per heavy atom. The van der Waals surface area contributed by atoms with E-state index in [-0.39, 0.29) is 11.6 Å². The molecule has 0 atom stereocenters. The van der Waals surface area contributed by atoms with Crippen molar-refractivity contribution in [3.05, 3.63) is 59.7 Å². The van der Waals surface area contributed by atoms with Crippen LogP contribution in [-0.4, -0.2) is 52.4 Å². The fourth-order valence-electron chi connectivity index (χ4n) is 3.57. The van der Waals surface area contributed by atoms with E-state index in [9.17, 15) is 4.79 Å². The van der Waals surface area contributed by atoms with E-state index in [1.165, 1.54) is 16.0 Å². The minimum atomic E-state index is -0.236. The van der Waals surface area contributed by atoms with Gasteiger partial charge in [0.2, 0.25) is 0 Å². The van der Waals surface area contributed by atoms with Gasteiger partial charge < -0.3 is 14.4 Å². The summed E-state index contributed by atoms with van der Waals surface area (Å²) in [6.45, 7) is 1.48. The van der Waals surface area contributed by atoms with Crippen molar-refractivity contribution in [1.82, 2.24) is 4.90 Å². The number of benzene rings is 2. The van der Waals surface area contributed by atoms with Crippen LogP contribution in [0, 0.1) is 0 Å². The number of carbonyl (C=O) groups is 1. The van der Waals surface area contributed by atoms with Crippen molar-refractivity contribution in [2.45, 2.75) is 29.1 Å². The van der Waals surface area contributed by atoms with Gasteiger partial charge in [0.15, 0.2) is 0 Å². The SMILES string of the molecule is COC1(c2cccc(SCc3ccc(N(C)C(=O)N(C)C)cc3)c2)CCOCC1. The van der Waals surface area contributed by atoms with Crippen LogP contribution in [0.1, 0.15) is 24.0 Å². The predicted molar refractivity (Wildman–Crippen MR) is 119 cm³/mol. The van der Waals surface area contributed by atoms with Crippen LogP contribution in [0.5, 0.6) is 0 Å². The smallest absolute Gasteiger partial charge is 0.323 e. The van der Waals surface area contributed by atoms with Gasteiger partial charge in [0.1, 0.15) is 0 Å². The van der Waals surface area contributed by atoms with E-state index in [4.69, 9.17) is 9.47 Å². The lowest BCUT2D eigenvalue weighted by Crippen LogP contribution is -2.36. The normalized spacial score (nSPS) is 15.7. The van der Waals surface area contributed by atoms with Crippen molar-refractivity contribution in [3.63, 3.8) is 0 Å². The molecular formula is C23H30N2O3S. The zero-order valence-electron chi connectivity index (χ0n) is 17.7. The van der Waals surface area contributed by atoms with E-state index in [1.807, 2.05) is 23.9 Å². The first-order valence-corrected chi connectivity index (χ1v) is 10.8. The summed E-state index contributed by atoms with van der Waals surface area (Å²) in [4.78, 5) is 16.5. The predicted octanol–water partition coefficient (Wildman–Crippen LogP) is 4.75. The van der Waals surface area contributed by atoms with E-state index < -0.39 is 0 Å². The van der Waals surface area contributed by atoms with Gasteiger partial charge in [-0.1, -0.05) is 24.3 Å². The van der Waals surface area contributed by atoms with Crippen LogP contribution in [0.3, 0.4) is 0 Å². The van der Waals surface area contributed by atoms with Crippen LogP contribution in [0.25, 0.3) is 0 Å². The van der Waals surface area contributed by atoms with Crippen molar-refractivity contribution in [2.24, 2.45) is 0 Å². The number of ether oxygens (including phenoxy) is 2. The van der Waals surface area contributed by atoms with Crippen LogP contribution >= 0.6 is 11.8 Å². The molecule has 156 valence electrons. The lowest BCUT2D eigenvalue weighted by atomic mass is 9.86. The van der Waals surface area contributed by atoms with Crippen molar-refractivity contribution in [1.29, 1.82) is 0 Å². The molecule has 1 heterocycles. The average Bonchev–Trinajstić information content (AvgIpc) is 2.77. The van der Waals surface area contributed by atoms with E-state index >= 15 is 0 Å². The number of hydrogen-bond acceptors (Lipinski definition) is 4. The van der Waals surface area contributed by atoms with E-state index in [0.29, 0.717) is 0 Å². The lowest BCUT2D eigenvalue weighted by Gasteiger charge is -2.36. The Bertz CT molecular complexity index is 817. The zero-order chi connectivity index (χ0) is 20.9. The molecule has 1 aliphatic rings. The molecule has 2 amide bonds. The van der Waals surface area contributed by atoms with Crippen molar-refractivity contribution < 1.29 is 14.3 Å². The Hall–Kier alpha value is -2.02. The molecule has 29 heavy (non-hydrogen) atoms. The van der Waals surface area contributed by atoms with Gasteiger partial charge in [-0.2, -0.15) is 0 Å². The molecule has 0 N–H and O–H groups in total. The molecule has 1 aliphatic heterocycles. The summed E-state index contributed by atoms with van der Waals surface area (Å²) >= 11 is 1.81. The van der Waals surface area contributed by atoms with E-state index in [0.717, 1.165) is 37.5 Å². The van der Waals surface area contributed by atoms with Crippen molar-refractivity contribution in [3.8, 4) is 0 Å². The molecule has 6 heteroatoms. The number of anilines is 1. The fourth-order valence-corrected chi connectivity index (χ4v) is 4.48. The Kier molecular flexibility index (Phi) is 7.22. The summed E-state index contributed by atoms with van der Waals surface area (Å²) in [5, 5.41) is 0. The molecule has 0 bridgehead atoms. The minimum Gasteiger partial charge on any atom is -0.381 e. The van der Waals surface area contributed by atoms with Gasteiger partial charge in [-0.05, 0) is 35.4 Å². The van der Waals surface area contributed by atoms with Crippen LogP contribution in [-0.2, 0) is 20.8 Å². The number of nitrogens with zero attached hydrogens (tertiary/aromatic N) is 2. The Morgan fingerprint density at radius 1 is 1.10 bits per heavy atom. The van der Waals surface area contributed by atoms with E-state index in [2.05, 4.69) is 36.4 Å². The number of carbonyl (C=O) groups excluding carboxylic acids is 1. The van der Waals surface area contributed by atoms with Gasteiger partial charge in [0.25, 0.3) is 0 Å². The summed E-state index contributed by atoms with van der Waals surface area (Å²) in [7, 11) is 7.10. The molecule has 2 aromatic carbocycles. The van der Waals surface area contributed by atoms with Gasteiger partial charge in [-0.3, -0.25) is 4.90 Å². The Labute approximate surface area is 178 Å². The lowest BCUT2D eigenvalue weighted by molar-refractivity contribution is -0.0948. The quantitative estimate of drug-likeness (QED) is 0.640. The maximum absolute atomic E-state index is 12.1. The molecule has 2 aromatic rings. The third-order valence-electron chi connectivity index (χ3n) is 5.45. The van der Waals surface area contributed by atoms with Gasteiger partial charge in [0, 0.05) is 70.6 Å². The standard InChI is InChI=1S/C23H30N2O3S/c1-24(2)22(26)25(3)20-10-8-18(9-11-20)17-29-21-7-5-6-19(16-21)23(27-4)12-14-28-15-13-23/h5-11,16H,12-15,17H2,1-4H3. The van der Waals surface area contributed by atoms with E-state index in [1.54, 1.807) is 38.1 Å². The number of hydrogen-bond donors (Lipinski definition) is 0. The highest BCUT2D eigenvalue weighted by Crippen LogP contribution is 2.37.